The average Bonchev–Trinajstić information content (AvgIpc) is 3.00. The maximum Gasteiger partial charge on any atom is 0.315 e. The van der Waals surface area contributed by atoms with Crippen molar-refractivity contribution in [2.45, 2.75) is 13.3 Å². The number of hydrogen-bond donors (Lipinski definition) is 0. The van der Waals surface area contributed by atoms with Crippen molar-refractivity contribution in [2.75, 3.05) is 0 Å². The highest BCUT2D eigenvalue weighted by molar-refractivity contribution is 9.11. The number of carbonyl (C=O) groups is 1. The van der Waals surface area contributed by atoms with E-state index in [0.29, 0.717) is 15.7 Å². The second kappa shape index (κ2) is 6.85. The highest BCUT2D eigenvalue weighted by Crippen LogP contribution is 2.37. The lowest BCUT2D eigenvalue weighted by molar-refractivity contribution is -0.133. The van der Waals surface area contributed by atoms with Crippen molar-refractivity contribution < 1.29 is 13.9 Å². The summed E-state index contributed by atoms with van der Waals surface area (Å²) < 4.78 is 12.7. The van der Waals surface area contributed by atoms with Crippen LogP contribution in [0.4, 0.5) is 0 Å². The molecular weight excluding hydrogens is 462 g/mol. The third kappa shape index (κ3) is 3.15. The number of furan rings is 1. The van der Waals surface area contributed by atoms with Crippen LogP contribution in [0.5, 0.6) is 5.75 Å². The number of halogens is 2. The lowest BCUT2D eigenvalue weighted by Crippen LogP contribution is -2.12. The maximum atomic E-state index is 12.6. The van der Waals surface area contributed by atoms with E-state index in [1.807, 2.05) is 43.3 Å². The summed E-state index contributed by atoms with van der Waals surface area (Å²) in [6, 6.07) is 11.5. The Morgan fingerprint density at radius 1 is 1.15 bits per heavy atom. The summed E-state index contributed by atoms with van der Waals surface area (Å²) in [5.74, 6) is 0.0435. The van der Waals surface area contributed by atoms with Crippen LogP contribution >= 0.6 is 31.9 Å². The van der Waals surface area contributed by atoms with Gasteiger partial charge in [-0.05, 0) is 47.1 Å². The third-order valence-electron chi connectivity index (χ3n) is 4.11. The molecule has 0 aliphatic heterocycles. The van der Waals surface area contributed by atoms with Crippen LogP contribution in [0, 0.1) is 6.92 Å². The van der Waals surface area contributed by atoms with E-state index in [0.717, 1.165) is 32.0 Å². The summed E-state index contributed by atoms with van der Waals surface area (Å²) in [5.41, 5.74) is 3.30. The Labute approximate surface area is 166 Å². The van der Waals surface area contributed by atoms with E-state index in [-0.39, 0.29) is 12.4 Å². The number of carbonyl (C=O) groups excluding carboxylic acids is 1. The highest BCUT2D eigenvalue weighted by Gasteiger charge is 2.17. The van der Waals surface area contributed by atoms with Gasteiger partial charge in [0.05, 0.1) is 17.2 Å². The van der Waals surface area contributed by atoms with E-state index in [9.17, 15) is 4.79 Å². The number of esters is 1. The zero-order chi connectivity index (χ0) is 18.3. The molecule has 0 amide bonds. The molecule has 4 nitrogen and oxygen atoms in total. The molecule has 130 valence electrons. The number of ether oxygens (including phenoxy) is 1. The minimum atomic E-state index is -0.371. The molecule has 2 aromatic heterocycles. The molecule has 6 heteroatoms. The Morgan fingerprint density at radius 2 is 2.00 bits per heavy atom. The summed E-state index contributed by atoms with van der Waals surface area (Å²) in [5, 5.41) is 1.81. The second-order valence-corrected chi connectivity index (χ2v) is 7.69. The van der Waals surface area contributed by atoms with Crippen LogP contribution in [-0.2, 0) is 11.2 Å². The number of pyridine rings is 1. The molecule has 0 saturated heterocycles. The molecule has 4 rings (SSSR count). The van der Waals surface area contributed by atoms with Crippen molar-refractivity contribution in [3.05, 3.63) is 68.9 Å². The first kappa shape index (κ1) is 17.2. The molecule has 0 spiro atoms. The van der Waals surface area contributed by atoms with Gasteiger partial charge in [0, 0.05) is 27.0 Å². The molecule has 0 bridgehead atoms. The highest BCUT2D eigenvalue weighted by atomic mass is 79.9. The van der Waals surface area contributed by atoms with E-state index >= 15 is 0 Å². The van der Waals surface area contributed by atoms with Crippen LogP contribution in [0.1, 0.15) is 11.1 Å². The predicted octanol–water partition coefficient (Wildman–Crippen LogP) is 5.96. The molecule has 0 fully saturated rings. The number of aromatic nitrogens is 1. The van der Waals surface area contributed by atoms with Gasteiger partial charge in [0.2, 0.25) is 0 Å². The summed E-state index contributed by atoms with van der Waals surface area (Å²) in [7, 11) is 0. The van der Waals surface area contributed by atoms with E-state index in [2.05, 4.69) is 36.8 Å². The zero-order valence-electron chi connectivity index (χ0n) is 13.8. The Kier molecular flexibility index (Phi) is 4.54. The van der Waals surface area contributed by atoms with Gasteiger partial charge < -0.3 is 9.15 Å². The van der Waals surface area contributed by atoms with Gasteiger partial charge in [-0.15, -0.1) is 0 Å². The predicted molar refractivity (Wildman–Crippen MR) is 107 cm³/mol. The van der Waals surface area contributed by atoms with E-state index in [4.69, 9.17) is 9.15 Å². The number of aryl methyl sites for hydroxylation is 1. The van der Waals surface area contributed by atoms with E-state index < -0.39 is 0 Å². The van der Waals surface area contributed by atoms with Gasteiger partial charge in [-0.2, -0.15) is 0 Å². The minimum absolute atomic E-state index is 0.118. The number of nitrogens with zero attached hydrogens (tertiary/aromatic N) is 1. The average molecular weight is 475 g/mol. The molecule has 4 aromatic rings. The molecule has 0 aliphatic carbocycles. The van der Waals surface area contributed by atoms with Crippen molar-refractivity contribution in [3.8, 4) is 5.75 Å². The van der Waals surface area contributed by atoms with Gasteiger partial charge in [0.1, 0.15) is 11.1 Å². The fourth-order valence-electron chi connectivity index (χ4n) is 2.88. The lowest BCUT2D eigenvalue weighted by Gasteiger charge is -2.10. The normalized spacial score (nSPS) is 11.2. The molecule has 0 saturated carbocycles. The quantitative estimate of drug-likeness (QED) is 0.271. The number of rotatable bonds is 3. The van der Waals surface area contributed by atoms with Gasteiger partial charge in [0.25, 0.3) is 0 Å². The van der Waals surface area contributed by atoms with Crippen molar-refractivity contribution in [2.24, 2.45) is 0 Å². The van der Waals surface area contributed by atoms with Crippen LogP contribution in [-0.4, -0.2) is 11.0 Å². The van der Waals surface area contributed by atoms with Gasteiger partial charge in [-0.1, -0.05) is 33.6 Å². The Morgan fingerprint density at radius 3 is 2.85 bits per heavy atom. The van der Waals surface area contributed by atoms with Crippen molar-refractivity contribution in [1.82, 2.24) is 4.98 Å². The standard InChI is InChI=1S/C20H13Br2NO3/c1-11-4-5-17-14(7-11)12(10-25-17)8-18(24)26-20-16(22)9-15(21)13-3-2-6-23-19(13)20/h2-7,9-10H,8H2,1H3. The fraction of sp³-hybridized carbons (Fsp3) is 0.100. The number of fused-ring (bicyclic) bond motifs is 2. The summed E-state index contributed by atoms with van der Waals surface area (Å²) in [6.07, 6.45) is 3.40. The van der Waals surface area contributed by atoms with Gasteiger partial charge in [-0.3, -0.25) is 9.78 Å². The Bertz CT molecular complexity index is 1150. The first-order chi connectivity index (χ1) is 12.5. The van der Waals surface area contributed by atoms with E-state index in [1.54, 1.807) is 12.5 Å². The molecule has 0 unspecified atom stereocenters. The van der Waals surface area contributed by atoms with Crippen LogP contribution < -0.4 is 4.74 Å². The molecular formula is C20H13Br2NO3. The first-order valence-electron chi connectivity index (χ1n) is 7.93. The molecule has 0 N–H and O–H groups in total. The molecule has 2 heterocycles. The molecule has 26 heavy (non-hydrogen) atoms. The minimum Gasteiger partial charge on any atom is -0.464 e. The van der Waals surface area contributed by atoms with Crippen LogP contribution in [0.25, 0.3) is 21.9 Å². The first-order valence-corrected chi connectivity index (χ1v) is 9.51. The third-order valence-corrected chi connectivity index (χ3v) is 5.36. The second-order valence-electron chi connectivity index (χ2n) is 5.98. The molecule has 0 radical (unpaired) electrons. The van der Waals surface area contributed by atoms with Crippen LogP contribution in [0.2, 0.25) is 0 Å². The maximum absolute atomic E-state index is 12.6. The van der Waals surface area contributed by atoms with Crippen LogP contribution in [0.3, 0.4) is 0 Å². The lowest BCUT2D eigenvalue weighted by atomic mass is 10.1. The SMILES string of the molecule is Cc1ccc2occ(CC(=O)Oc3c(Br)cc(Br)c4cccnc34)c2c1. The fourth-order valence-corrected chi connectivity index (χ4v) is 4.24. The number of benzene rings is 2. The summed E-state index contributed by atoms with van der Waals surface area (Å²) >= 11 is 6.97. The van der Waals surface area contributed by atoms with Crippen LogP contribution in [0.15, 0.2) is 62.2 Å². The van der Waals surface area contributed by atoms with Gasteiger partial charge in [0.15, 0.2) is 5.75 Å². The Hall–Kier alpha value is -2.18. The molecule has 0 atom stereocenters. The zero-order valence-corrected chi connectivity index (χ0v) is 16.9. The van der Waals surface area contributed by atoms with E-state index in [1.165, 1.54) is 0 Å². The molecule has 2 aromatic carbocycles. The smallest absolute Gasteiger partial charge is 0.315 e. The van der Waals surface area contributed by atoms with Crippen molar-refractivity contribution in [1.29, 1.82) is 0 Å². The monoisotopic (exact) mass is 473 g/mol. The molecule has 0 aliphatic rings. The van der Waals surface area contributed by atoms with Gasteiger partial charge >= 0.3 is 5.97 Å². The Balaban J connectivity index is 1.66. The summed E-state index contributed by atoms with van der Waals surface area (Å²) in [4.78, 5) is 16.9. The summed E-state index contributed by atoms with van der Waals surface area (Å²) in [6.45, 7) is 2.01. The largest absolute Gasteiger partial charge is 0.464 e. The van der Waals surface area contributed by atoms with Crippen molar-refractivity contribution >= 4 is 59.7 Å². The van der Waals surface area contributed by atoms with Crippen molar-refractivity contribution in [3.63, 3.8) is 0 Å². The topological polar surface area (TPSA) is 52.3 Å². The van der Waals surface area contributed by atoms with Gasteiger partial charge in [-0.25, -0.2) is 0 Å². The number of hydrogen-bond acceptors (Lipinski definition) is 4.